The SMILES string of the molecule is CCn1c(C2CCN(Cc3cn(C)nc3-c3ccccc3)CC2)n[nH]c1=O. The number of benzene rings is 1. The molecular formula is C20H26N6O. The highest BCUT2D eigenvalue weighted by Gasteiger charge is 2.26. The summed E-state index contributed by atoms with van der Waals surface area (Å²) in [5, 5.41) is 11.5. The molecule has 142 valence electrons. The fraction of sp³-hybridized carbons (Fsp3) is 0.450. The van der Waals surface area contributed by atoms with E-state index in [4.69, 9.17) is 0 Å². The number of aromatic amines is 1. The molecule has 0 saturated carbocycles. The molecule has 0 spiro atoms. The summed E-state index contributed by atoms with van der Waals surface area (Å²) in [6.07, 6.45) is 4.16. The van der Waals surface area contributed by atoms with Crippen LogP contribution in [0.5, 0.6) is 0 Å². The van der Waals surface area contributed by atoms with Crippen molar-refractivity contribution in [3.63, 3.8) is 0 Å². The van der Waals surface area contributed by atoms with Gasteiger partial charge in [0.2, 0.25) is 0 Å². The van der Waals surface area contributed by atoms with E-state index in [0.29, 0.717) is 12.5 Å². The third-order valence-corrected chi connectivity index (χ3v) is 5.40. The van der Waals surface area contributed by atoms with Crippen molar-refractivity contribution in [2.24, 2.45) is 7.05 Å². The van der Waals surface area contributed by atoms with Crippen molar-refractivity contribution in [1.29, 1.82) is 0 Å². The first-order valence-electron chi connectivity index (χ1n) is 9.61. The summed E-state index contributed by atoms with van der Waals surface area (Å²) in [6, 6.07) is 10.4. The van der Waals surface area contributed by atoms with E-state index >= 15 is 0 Å². The summed E-state index contributed by atoms with van der Waals surface area (Å²) >= 11 is 0. The number of nitrogens with one attached hydrogen (secondary N) is 1. The molecule has 1 saturated heterocycles. The number of likely N-dealkylation sites (tertiary alicyclic amines) is 1. The molecule has 0 aliphatic carbocycles. The summed E-state index contributed by atoms with van der Waals surface area (Å²) in [5.41, 5.74) is 3.38. The van der Waals surface area contributed by atoms with Gasteiger partial charge in [0, 0.05) is 43.4 Å². The molecule has 1 aromatic carbocycles. The molecule has 0 bridgehead atoms. The summed E-state index contributed by atoms with van der Waals surface area (Å²) in [5.74, 6) is 1.26. The third kappa shape index (κ3) is 3.60. The molecular weight excluding hydrogens is 340 g/mol. The zero-order valence-electron chi connectivity index (χ0n) is 15.9. The molecule has 3 aromatic rings. The van der Waals surface area contributed by atoms with Gasteiger partial charge in [-0.25, -0.2) is 9.89 Å². The Morgan fingerprint density at radius 2 is 1.93 bits per heavy atom. The second-order valence-corrected chi connectivity index (χ2v) is 7.22. The molecule has 2 aromatic heterocycles. The largest absolute Gasteiger partial charge is 0.343 e. The number of hydrogen-bond donors (Lipinski definition) is 1. The van der Waals surface area contributed by atoms with E-state index in [0.717, 1.165) is 49.6 Å². The highest BCUT2D eigenvalue weighted by atomic mass is 16.1. The van der Waals surface area contributed by atoms with Gasteiger partial charge in [-0.2, -0.15) is 10.2 Å². The standard InChI is InChI=1S/C20H26N6O/c1-3-26-19(21-22-20(26)27)16-9-11-25(12-10-16)14-17-13-24(2)23-18(17)15-7-5-4-6-8-15/h4-8,13,16H,3,9-12,14H2,1-2H3,(H,22,27). The van der Waals surface area contributed by atoms with Crippen molar-refractivity contribution < 1.29 is 0 Å². The topological polar surface area (TPSA) is 71.7 Å². The molecule has 0 amide bonds. The number of rotatable bonds is 5. The van der Waals surface area contributed by atoms with Gasteiger partial charge in [0.05, 0.1) is 5.69 Å². The van der Waals surface area contributed by atoms with Crippen LogP contribution in [0.1, 0.15) is 37.1 Å². The lowest BCUT2D eigenvalue weighted by Gasteiger charge is -2.31. The number of aromatic nitrogens is 5. The van der Waals surface area contributed by atoms with Crippen LogP contribution < -0.4 is 5.69 Å². The van der Waals surface area contributed by atoms with Gasteiger partial charge >= 0.3 is 5.69 Å². The molecule has 0 atom stereocenters. The first-order chi connectivity index (χ1) is 13.2. The molecule has 3 heterocycles. The molecule has 1 aliphatic heterocycles. The Hall–Kier alpha value is -2.67. The first-order valence-corrected chi connectivity index (χ1v) is 9.61. The molecule has 7 heteroatoms. The quantitative estimate of drug-likeness (QED) is 0.752. The number of aryl methyl sites for hydroxylation is 1. The van der Waals surface area contributed by atoms with Crippen LogP contribution in [0.25, 0.3) is 11.3 Å². The normalized spacial score (nSPS) is 16.1. The molecule has 0 unspecified atom stereocenters. The van der Waals surface area contributed by atoms with Gasteiger partial charge in [0.25, 0.3) is 0 Å². The van der Waals surface area contributed by atoms with Gasteiger partial charge in [0.15, 0.2) is 0 Å². The molecule has 1 N–H and O–H groups in total. The highest BCUT2D eigenvalue weighted by Crippen LogP contribution is 2.28. The maximum atomic E-state index is 11.8. The Morgan fingerprint density at radius 3 is 2.63 bits per heavy atom. The van der Waals surface area contributed by atoms with E-state index in [1.807, 2.05) is 24.7 Å². The van der Waals surface area contributed by atoms with E-state index < -0.39 is 0 Å². The van der Waals surface area contributed by atoms with Crippen LogP contribution in [0.4, 0.5) is 0 Å². The molecule has 27 heavy (non-hydrogen) atoms. The van der Waals surface area contributed by atoms with Crippen molar-refractivity contribution in [2.75, 3.05) is 13.1 Å². The summed E-state index contributed by atoms with van der Waals surface area (Å²) in [6.45, 7) is 5.55. The van der Waals surface area contributed by atoms with Gasteiger partial charge < -0.3 is 0 Å². The maximum absolute atomic E-state index is 11.8. The number of nitrogens with zero attached hydrogens (tertiary/aromatic N) is 5. The van der Waals surface area contributed by atoms with E-state index in [9.17, 15) is 4.79 Å². The van der Waals surface area contributed by atoms with Crippen LogP contribution >= 0.6 is 0 Å². The van der Waals surface area contributed by atoms with E-state index in [1.165, 1.54) is 5.56 Å². The van der Waals surface area contributed by atoms with Crippen LogP contribution in [-0.4, -0.2) is 42.5 Å². The second kappa shape index (κ2) is 7.52. The summed E-state index contributed by atoms with van der Waals surface area (Å²) < 4.78 is 3.66. The van der Waals surface area contributed by atoms with Crippen molar-refractivity contribution in [1.82, 2.24) is 29.4 Å². The zero-order valence-corrected chi connectivity index (χ0v) is 15.9. The minimum Gasteiger partial charge on any atom is -0.299 e. The second-order valence-electron chi connectivity index (χ2n) is 7.22. The van der Waals surface area contributed by atoms with Gasteiger partial charge in [-0.1, -0.05) is 30.3 Å². The molecule has 7 nitrogen and oxygen atoms in total. The van der Waals surface area contributed by atoms with Crippen molar-refractivity contribution in [3.05, 3.63) is 58.4 Å². The highest BCUT2D eigenvalue weighted by molar-refractivity contribution is 5.62. The average molecular weight is 366 g/mol. The van der Waals surface area contributed by atoms with Crippen molar-refractivity contribution in [2.45, 2.75) is 38.8 Å². The lowest BCUT2D eigenvalue weighted by atomic mass is 9.95. The zero-order chi connectivity index (χ0) is 18.8. The Labute approximate surface area is 158 Å². The van der Waals surface area contributed by atoms with Crippen LogP contribution in [0.2, 0.25) is 0 Å². The third-order valence-electron chi connectivity index (χ3n) is 5.40. The van der Waals surface area contributed by atoms with E-state index in [1.54, 1.807) is 4.57 Å². The number of H-pyrrole nitrogens is 1. The number of hydrogen-bond acceptors (Lipinski definition) is 4. The predicted octanol–water partition coefficient (Wildman–Crippen LogP) is 2.37. The Morgan fingerprint density at radius 1 is 1.19 bits per heavy atom. The van der Waals surface area contributed by atoms with Gasteiger partial charge in [-0.15, -0.1) is 0 Å². The maximum Gasteiger partial charge on any atom is 0.343 e. The smallest absolute Gasteiger partial charge is 0.299 e. The molecule has 4 rings (SSSR count). The molecule has 1 fully saturated rings. The molecule has 1 aliphatic rings. The Balaban J connectivity index is 1.45. The van der Waals surface area contributed by atoms with Crippen molar-refractivity contribution in [3.8, 4) is 11.3 Å². The molecule has 0 radical (unpaired) electrons. The lowest BCUT2D eigenvalue weighted by Crippen LogP contribution is -2.33. The van der Waals surface area contributed by atoms with Crippen molar-refractivity contribution >= 4 is 0 Å². The van der Waals surface area contributed by atoms with Crippen LogP contribution in [0.3, 0.4) is 0 Å². The van der Waals surface area contributed by atoms with E-state index in [2.05, 4.69) is 50.7 Å². The fourth-order valence-corrected chi connectivity index (χ4v) is 4.03. The van der Waals surface area contributed by atoms with Crippen LogP contribution in [0.15, 0.2) is 41.3 Å². The van der Waals surface area contributed by atoms with Gasteiger partial charge in [0.1, 0.15) is 5.82 Å². The fourth-order valence-electron chi connectivity index (χ4n) is 4.03. The minimum absolute atomic E-state index is 0.0993. The van der Waals surface area contributed by atoms with Crippen LogP contribution in [-0.2, 0) is 20.1 Å². The average Bonchev–Trinajstić information content (AvgIpc) is 3.25. The Kier molecular flexibility index (Phi) is 4.94. The minimum atomic E-state index is -0.0993. The van der Waals surface area contributed by atoms with Gasteiger partial charge in [-0.3, -0.25) is 14.1 Å². The summed E-state index contributed by atoms with van der Waals surface area (Å²) in [7, 11) is 1.98. The van der Waals surface area contributed by atoms with Crippen LogP contribution in [0, 0.1) is 0 Å². The number of piperidine rings is 1. The monoisotopic (exact) mass is 366 g/mol. The first kappa shape index (κ1) is 17.7. The predicted molar refractivity (Wildman–Crippen MR) is 104 cm³/mol. The summed E-state index contributed by atoms with van der Waals surface area (Å²) in [4.78, 5) is 14.3. The van der Waals surface area contributed by atoms with Gasteiger partial charge in [-0.05, 0) is 32.9 Å². The Bertz CT molecular complexity index is 947. The lowest BCUT2D eigenvalue weighted by molar-refractivity contribution is 0.200. The van der Waals surface area contributed by atoms with E-state index in [-0.39, 0.29) is 5.69 Å².